The SMILES string of the molecule is CCCCCCNC(=O)c1cc2ccccc2cc1OCC(=O)NC(C)C. The molecule has 146 valence electrons. The monoisotopic (exact) mass is 370 g/mol. The van der Waals surface area contributed by atoms with Crippen LogP contribution in [-0.4, -0.2) is 31.0 Å². The third-order valence-corrected chi connectivity index (χ3v) is 4.22. The van der Waals surface area contributed by atoms with Gasteiger partial charge in [0.15, 0.2) is 6.61 Å². The van der Waals surface area contributed by atoms with E-state index in [1.807, 2.05) is 50.2 Å². The van der Waals surface area contributed by atoms with Crippen LogP contribution in [0.25, 0.3) is 10.8 Å². The molecular formula is C22H30N2O3. The molecule has 0 radical (unpaired) electrons. The van der Waals surface area contributed by atoms with Crippen molar-refractivity contribution in [2.24, 2.45) is 0 Å². The van der Waals surface area contributed by atoms with Gasteiger partial charge in [0.1, 0.15) is 5.75 Å². The number of hydrogen-bond donors (Lipinski definition) is 2. The molecule has 0 atom stereocenters. The van der Waals surface area contributed by atoms with E-state index in [-0.39, 0.29) is 24.5 Å². The molecule has 27 heavy (non-hydrogen) atoms. The molecule has 2 rings (SSSR count). The van der Waals surface area contributed by atoms with Crippen molar-refractivity contribution in [1.82, 2.24) is 10.6 Å². The first-order chi connectivity index (χ1) is 13.0. The molecule has 0 saturated heterocycles. The third kappa shape index (κ3) is 6.59. The average Bonchev–Trinajstić information content (AvgIpc) is 2.64. The van der Waals surface area contributed by atoms with Crippen LogP contribution in [0.4, 0.5) is 0 Å². The van der Waals surface area contributed by atoms with Crippen molar-refractivity contribution in [3.05, 3.63) is 42.0 Å². The largest absolute Gasteiger partial charge is 0.483 e. The lowest BCUT2D eigenvalue weighted by atomic mass is 10.1. The molecule has 0 aliphatic rings. The normalized spacial score (nSPS) is 10.8. The van der Waals surface area contributed by atoms with Crippen LogP contribution >= 0.6 is 0 Å². The number of ether oxygens (including phenoxy) is 1. The summed E-state index contributed by atoms with van der Waals surface area (Å²) in [6.07, 6.45) is 4.40. The van der Waals surface area contributed by atoms with Gasteiger partial charge in [0.2, 0.25) is 0 Å². The zero-order valence-electron chi connectivity index (χ0n) is 16.5. The Morgan fingerprint density at radius 3 is 2.41 bits per heavy atom. The molecule has 0 unspecified atom stereocenters. The van der Waals surface area contributed by atoms with Crippen LogP contribution in [-0.2, 0) is 4.79 Å². The molecule has 2 amide bonds. The summed E-state index contributed by atoms with van der Waals surface area (Å²) >= 11 is 0. The maximum atomic E-state index is 12.7. The van der Waals surface area contributed by atoms with Gasteiger partial charge in [-0.15, -0.1) is 0 Å². The lowest BCUT2D eigenvalue weighted by molar-refractivity contribution is -0.123. The summed E-state index contributed by atoms with van der Waals surface area (Å²) in [5.74, 6) is 0.0549. The van der Waals surface area contributed by atoms with Crippen molar-refractivity contribution in [2.45, 2.75) is 52.5 Å². The first-order valence-electron chi connectivity index (χ1n) is 9.74. The second-order valence-electron chi connectivity index (χ2n) is 7.02. The molecule has 2 aromatic rings. The van der Waals surface area contributed by atoms with Gasteiger partial charge in [-0.1, -0.05) is 50.5 Å². The third-order valence-electron chi connectivity index (χ3n) is 4.22. The predicted octanol–water partition coefficient (Wildman–Crippen LogP) is 4.05. The molecule has 0 spiro atoms. The van der Waals surface area contributed by atoms with Crippen LogP contribution in [0.1, 0.15) is 56.8 Å². The minimum absolute atomic E-state index is 0.0450. The van der Waals surface area contributed by atoms with Gasteiger partial charge in [-0.25, -0.2) is 0 Å². The van der Waals surface area contributed by atoms with E-state index < -0.39 is 0 Å². The summed E-state index contributed by atoms with van der Waals surface area (Å²) in [6.45, 7) is 6.47. The van der Waals surface area contributed by atoms with Crippen LogP contribution in [0.3, 0.4) is 0 Å². The Balaban J connectivity index is 2.13. The summed E-state index contributed by atoms with van der Waals surface area (Å²) in [4.78, 5) is 24.6. The molecular weight excluding hydrogens is 340 g/mol. The fraction of sp³-hybridized carbons (Fsp3) is 0.455. The van der Waals surface area contributed by atoms with E-state index in [9.17, 15) is 9.59 Å². The summed E-state index contributed by atoms with van der Waals surface area (Å²) in [5.41, 5.74) is 0.460. The van der Waals surface area contributed by atoms with E-state index in [2.05, 4.69) is 17.6 Å². The highest BCUT2D eigenvalue weighted by atomic mass is 16.5. The van der Waals surface area contributed by atoms with Gasteiger partial charge in [0, 0.05) is 12.6 Å². The molecule has 0 aliphatic heterocycles. The molecule has 2 N–H and O–H groups in total. The predicted molar refractivity (Wildman–Crippen MR) is 109 cm³/mol. The number of rotatable bonds is 10. The lowest BCUT2D eigenvalue weighted by Gasteiger charge is -2.14. The number of nitrogens with one attached hydrogen (secondary N) is 2. The van der Waals surface area contributed by atoms with Gasteiger partial charge in [-0.05, 0) is 43.2 Å². The van der Waals surface area contributed by atoms with Crippen LogP contribution in [0.15, 0.2) is 36.4 Å². The first kappa shape index (κ1) is 20.7. The Kier molecular flexibility index (Phi) is 8.11. The second-order valence-corrected chi connectivity index (χ2v) is 7.02. The number of carbonyl (C=O) groups is 2. The number of fused-ring (bicyclic) bond motifs is 1. The molecule has 5 nitrogen and oxygen atoms in total. The van der Waals surface area contributed by atoms with Gasteiger partial charge in [0.05, 0.1) is 5.56 Å². The highest BCUT2D eigenvalue weighted by Crippen LogP contribution is 2.26. The highest BCUT2D eigenvalue weighted by Gasteiger charge is 2.15. The Morgan fingerprint density at radius 1 is 1.04 bits per heavy atom. The van der Waals surface area contributed by atoms with Crippen molar-refractivity contribution in [3.8, 4) is 5.75 Å². The van der Waals surface area contributed by atoms with E-state index in [0.29, 0.717) is 17.9 Å². The number of hydrogen-bond acceptors (Lipinski definition) is 3. The minimum atomic E-state index is -0.205. The molecule has 2 aromatic carbocycles. The summed E-state index contributed by atoms with van der Waals surface area (Å²) < 4.78 is 5.70. The maximum absolute atomic E-state index is 12.7. The van der Waals surface area contributed by atoms with Gasteiger partial charge < -0.3 is 15.4 Å². The van der Waals surface area contributed by atoms with Crippen molar-refractivity contribution in [1.29, 1.82) is 0 Å². The zero-order chi connectivity index (χ0) is 19.6. The summed E-state index contributed by atoms with van der Waals surface area (Å²) in [6, 6.07) is 11.5. The Morgan fingerprint density at radius 2 is 1.74 bits per heavy atom. The molecule has 5 heteroatoms. The first-order valence-corrected chi connectivity index (χ1v) is 9.74. The van der Waals surface area contributed by atoms with E-state index in [4.69, 9.17) is 4.74 Å². The maximum Gasteiger partial charge on any atom is 0.258 e. The standard InChI is InChI=1S/C22H30N2O3/c1-4-5-6-9-12-23-22(26)19-13-17-10-7-8-11-18(17)14-20(19)27-15-21(25)24-16(2)3/h7-8,10-11,13-14,16H,4-6,9,12,15H2,1-3H3,(H,23,26)(H,24,25). The van der Waals surface area contributed by atoms with Gasteiger partial charge in [0.25, 0.3) is 11.8 Å². The second kappa shape index (κ2) is 10.6. The molecule has 0 aromatic heterocycles. The lowest BCUT2D eigenvalue weighted by Crippen LogP contribution is -2.34. The van der Waals surface area contributed by atoms with Gasteiger partial charge in [-0.3, -0.25) is 9.59 Å². The van der Waals surface area contributed by atoms with Crippen molar-refractivity contribution in [2.75, 3.05) is 13.2 Å². The Bertz CT molecular complexity index is 771. The fourth-order valence-corrected chi connectivity index (χ4v) is 2.87. The fourth-order valence-electron chi connectivity index (χ4n) is 2.87. The minimum Gasteiger partial charge on any atom is -0.483 e. The van der Waals surface area contributed by atoms with E-state index in [1.165, 1.54) is 6.42 Å². The molecule has 0 saturated carbocycles. The average molecular weight is 370 g/mol. The van der Waals surface area contributed by atoms with Crippen LogP contribution in [0.5, 0.6) is 5.75 Å². The Labute approximate surface area is 161 Å². The topological polar surface area (TPSA) is 67.4 Å². The number of benzene rings is 2. The summed E-state index contributed by atoms with van der Waals surface area (Å²) in [7, 11) is 0. The number of carbonyl (C=O) groups excluding carboxylic acids is 2. The van der Waals surface area contributed by atoms with Crippen molar-refractivity contribution in [3.63, 3.8) is 0 Å². The van der Waals surface area contributed by atoms with Crippen LogP contribution in [0, 0.1) is 0 Å². The van der Waals surface area contributed by atoms with E-state index in [1.54, 1.807) is 0 Å². The van der Waals surface area contributed by atoms with Crippen LogP contribution < -0.4 is 15.4 Å². The van der Waals surface area contributed by atoms with E-state index >= 15 is 0 Å². The molecule has 0 bridgehead atoms. The smallest absolute Gasteiger partial charge is 0.258 e. The molecule has 0 aliphatic carbocycles. The molecule has 0 fully saturated rings. The van der Waals surface area contributed by atoms with Gasteiger partial charge in [-0.2, -0.15) is 0 Å². The van der Waals surface area contributed by atoms with Gasteiger partial charge >= 0.3 is 0 Å². The molecule has 0 heterocycles. The number of unbranched alkanes of at least 4 members (excludes halogenated alkanes) is 3. The van der Waals surface area contributed by atoms with E-state index in [0.717, 1.165) is 30.0 Å². The summed E-state index contributed by atoms with van der Waals surface area (Å²) in [5, 5.41) is 7.69. The van der Waals surface area contributed by atoms with Crippen molar-refractivity contribution < 1.29 is 14.3 Å². The zero-order valence-corrected chi connectivity index (χ0v) is 16.5. The number of amides is 2. The highest BCUT2D eigenvalue weighted by molar-refractivity contribution is 6.01. The quantitative estimate of drug-likeness (QED) is 0.620. The Hall–Kier alpha value is -2.56. The van der Waals surface area contributed by atoms with Crippen molar-refractivity contribution >= 4 is 22.6 Å². The van der Waals surface area contributed by atoms with Crippen LogP contribution in [0.2, 0.25) is 0 Å².